The number of piperidine rings is 1. The first-order chi connectivity index (χ1) is 9.22. The molecule has 112 valence electrons. The molecule has 0 amide bonds. The van der Waals surface area contributed by atoms with Crippen LogP contribution >= 0.6 is 0 Å². The van der Waals surface area contributed by atoms with Gasteiger partial charge in [-0.25, -0.2) is 0 Å². The molecule has 0 aromatic carbocycles. The van der Waals surface area contributed by atoms with Crippen LogP contribution in [-0.4, -0.2) is 36.6 Å². The zero-order valence-electron chi connectivity index (χ0n) is 13.3. The lowest BCUT2D eigenvalue weighted by molar-refractivity contribution is 0.139. The van der Waals surface area contributed by atoms with E-state index in [0.717, 1.165) is 23.9 Å². The molecule has 2 fully saturated rings. The summed E-state index contributed by atoms with van der Waals surface area (Å²) in [5, 5.41) is 3.97. The molecule has 19 heavy (non-hydrogen) atoms. The van der Waals surface area contributed by atoms with E-state index in [-0.39, 0.29) is 0 Å². The van der Waals surface area contributed by atoms with Crippen molar-refractivity contribution in [1.29, 1.82) is 0 Å². The summed E-state index contributed by atoms with van der Waals surface area (Å²) in [7, 11) is 0. The molecule has 1 aliphatic carbocycles. The summed E-state index contributed by atoms with van der Waals surface area (Å²) in [6, 6.07) is 1.60. The van der Waals surface area contributed by atoms with E-state index in [4.69, 9.17) is 0 Å². The summed E-state index contributed by atoms with van der Waals surface area (Å²) >= 11 is 0. The first-order valence-electron chi connectivity index (χ1n) is 8.71. The van der Waals surface area contributed by atoms with Crippen molar-refractivity contribution in [3.8, 4) is 0 Å². The average molecular weight is 266 g/mol. The highest BCUT2D eigenvalue weighted by Gasteiger charge is 2.31. The molecule has 0 bridgehead atoms. The zero-order valence-corrected chi connectivity index (χ0v) is 13.3. The molecule has 1 N–H and O–H groups in total. The van der Waals surface area contributed by atoms with Crippen LogP contribution in [0.15, 0.2) is 0 Å². The third kappa shape index (κ3) is 4.46. The van der Waals surface area contributed by atoms with Gasteiger partial charge in [-0.2, -0.15) is 0 Å². The number of hydrogen-bond acceptors (Lipinski definition) is 2. The largest absolute Gasteiger partial charge is 0.310 e. The van der Waals surface area contributed by atoms with Gasteiger partial charge in [0.1, 0.15) is 0 Å². The van der Waals surface area contributed by atoms with Crippen molar-refractivity contribution in [2.24, 2.45) is 11.8 Å². The van der Waals surface area contributed by atoms with Crippen LogP contribution in [0.1, 0.15) is 65.7 Å². The van der Waals surface area contributed by atoms with E-state index in [1.54, 1.807) is 0 Å². The van der Waals surface area contributed by atoms with Crippen LogP contribution in [0.3, 0.4) is 0 Å². The van der Waals surface area contributed by atoms with Gasteiger partial charge in [-0.1, -0.05) is 40.0 Å². The highest BCUT2D eigenvalue weighted by atomic mass is 15.2. The van der Waals surface area contributed by atoms with Gasteiger partial charge in [-0.05, 0) is 44.1 Å². The predicted octanol–water partition coefficient (Wildman–Crippen LogP) is 3.67. The highest BCUT2D eigenvalue weighted by Crippen LogP contribution is 2.32. The Morgan fingerprint density at radius 2 is 1.89 bits per heavy atom. The minimum absolute atomic E-state index is 0.753. The summed E-state index contributed by atoms with van der Waals surface area (Å²) in [5.41, 5.74) is 0. The van der Waals surface area contributed by atoms with Crippen molar-refractivity contribution >= 4 is 0 Å². The Bertz CT molecular complexity index is 254. The van der Waals surface area contributed by atoms with E-state index < -0.39 is 0 Å². The lowest BCUT2D eigenvalue weighted by Crippen LogP contribution is -2.53. The Labute approximate surface area is 120 Å². The molecule has 0 radical (unpaired) electrons. The second kappa shape index (κ2) is 7.64. The van der Waals surface area contributed by atoms with Gasteiger partial charge in [0.25, 0.3) is 0 Å². The number of nitrogens with one attached hydrogen (secondary N) is 1. The molecule has 4 unspecified atom stereocenters. The summed E-state index contributed by atoms with van der Waals surface area (Å²) in [6.45, 7) is 10.8. The summed E-state index contributed by atoms with van der Waals surface area (Å²) in [4.78, 5) is 2.66. The van der Waals surface area contributed by atoms with Crippen molar-refractivity contribution in [1.82, 2.24) is 10.2 Å². The van der Waals surface area contributed by atoms with E-state index in [1.165, 1.54) is 64.6 Å². The molecule has 4 atom stereocenters. The Morgan fingerprint density at radius 1 is 1.11 bits per heavy atom. The molecule has 2 nitrogen and oxygen atoms in total. The third-order valence-corrected chi connectivity index (χ3v) is 5.44. The quantitative estimate of drug-likeness (QED) is 0.789. The molecule has 1 saturated heterocycles. The number of rotatable bonds is 6. The van der Waals surface area contributed by atoms with Gasteiger partial charge in [-0.15, -0.1) is 0 Å². The molecule has 2 aliphatic rings. The van der Waals surface area contributed by atoms with Crippen LogP contribution in [-0.2, 0) is 0 Å². The molecule has 1 aliphatic heterocycles. The van der Waals surface area contributed by atoms with Crippen molar-refractivity contribution < 1.29 is 0 Å². The fraction of sp³-hybridized carbons (Fsp3) is 1.00. The van der Waals surface area contributed by atoms with Gasteiger partial charge < -0.3 is 10.2 Å². The van der Waals surface area contributed by atoms with Gasteiger partial charge in [0.2, 0.25) is 0 Å². The summed E-state index contributed by atoms with van der Waals surface area (Å²) in [5.74, 6) is 1.83. The monoisotopic (exact) mass is 266 g/mol. The van der Waals surface area contributed by atoms with Crippen molar-refractivity contribution in [2.45, 2.75) is 77.8 Å². The first kappa shape index (κ1) is 15.3. The van der Waals surface area contributed by atoms with Crippen molar-refractivity contribution in [2.75, 3.05) is 19.6 Å². The highest BCUT2D eigenvalue weighted by molar-refractivity contribution is 4.90. The van der Waals surface area contributed by atoms with Crippen LogP contribution in [0.5, 0.6) is 0 Å². The molecule has 0 aromatic rings. The number of fused-ring (bicyclic) bond motifs is 1. The topological polar surface area (TPSA) is 15.3 Å². The van der Waals surface area contributed by atoms with E-state index in [9.17, 15) is 0 Å². The van der Waals surface area contributed by atoms with Crippen LogP contribution in [0.2, 0.25) is 0 Å². The lowest BCUT2D eigenvalue weighted by atomic mass is 9.77. The second-order valence-electron chi connectivity index (χ2n) is 6.96. The van der Waals surface area contributed by atoms with E-state index in [0.29, 0.717) is 0 Å². The average Bonchev–Trinajstić information content (AvgIpc) is 2.46. The molecule has 0 spiro atoms. The maximum absolute atomic E-state index is 3.97. The fourth-order valence-electron chi connectivity index (χ4n) is 3.93. The number of hydrogen-bond donors (Lipinski definition) is 1. The van der Waals surface area contributed by atoms with Gasteiger partial charge in [0, 0.05) is 25.2 Å². The minimum Gasteiger partial charge on any atom is -0.310 e. The van der Waals surface area contributed by atoms with Crippen molar-refractivity contribution in [3.63, 3.8) is 0 Å². The molecular weight excluding hydrogens is 232 g/mol. The lowest BCUT2D eigenvalue weighted by Gasteiger charge is -2.42. The van der Waals surface area contributed by atoms with E-state index in [1.807, 2.05) is 0 Å². The van der Waals surface area contributed by atoms with Crippen LogP contribution in [0.25, 0.3) is 0 Å². The second-order valence-corrected chi connectivity index (χ2v) is 6.96. The number of likely N-dealkylation sites (N-methyl/N-ethyl adjacent to an activating group) is 1. The van der Waals surface area contributed by atoms with Gasteiger partial charge in [0.05, 0.1) is 0 Å². The SMILES string of the molecule is CCC(C)CN(CC)CC1CCC2CCCCC2N1. The molecule has 2 heteroatoms. The zero-order chi connectivity index (χ0) is 13.7. The van der Waals surface area contributed by atoms with Crippen molar-refractivity contribution in [3.05, 3.63) is 0 Å². The summed E-state index contributed by atoms with van der Waals surface area (Å²) < 4.78 is 0. The maximum Gasteiger partial charge on any atom is 0.0197 e. The summed E-state index contributed by atoms with van der Waals surface area (Å²) in [6.07, 6.45) is 10.0. The Morgan fingerprint density at radius 3 is 2.63 bits per heavy atom. The molecule has 1 saturated carbocycles. The molecule has 1 heterocycles. The Kier molecular flexibility index (Phi) is 6.15. The molecular formula is C17H34N2. The Hall–Kier alpha value is -0.0800. The molecule has 2 rings (SSSR count). The van der Waals surface area contributed by atoms with Gasteiger partial charge in [0.15, 0.2) is 0 Å². The molecule has 0 aromatic heterocycles. The van der Waals surface area contributed by atoms with E-state index in [2.05, 4.69) is 31.0 Å². The smallest absolute Gasteiger partial charge is 0.0197 e. The predicted molar refractivity (Wildman–Crippen MR) is 83.5 cm³/mol. The first-order valence-corrected chi connectivity index (χ1v) is 8.71. The standard InChI is InChI=1S/C17H34N2/c1-4-14(3)12-19(5-2)13-16-11-10-15-8-6-7-9-17(15)18-16/h14-18H,4-13H2,1-3H3. The normalized spacial score (nSPS) is 33.2. The van der Waals surface area contributed by atoms with Gasteiger partial charge in [-0.3, -0.25) is 0 Å². The van der Waals surface area contributed by atoms with Crippen LogP contribution in [0, 0.1) is 11.8 Å². The third-order valence-electron chi connectivity index (χ3n) is 5.44. The van der Waals surface area contributed by atoms with Crippen LogP contribution in [0.4, 0.5) is 0 Å². The van der Waals surface area contributed by atoms with E-state index >= 15 is 0 Å². The number of nitrogens with zero attached hydrogens (tertiary/aromatic N) is 1. The maximum atomic E-state index is 3.97. The minimum atomic E-state index is 0.753. The Balaban J connectivity index is 1.78. The van der Waals surface area contributed by atoms with Crippen LogP contribution < -0.4 is 5.32 Å². The fourth-order valence-corrected chi connectivity index (χ4v) is 3.93. The van der Waals surface area contributed by atoms with Gasteiger partial charge >= 0.3 is 0 Å².